The van der Waals surface area contributed by atoms with Crippen LogP contribution >= 0.6 is 27.5 Å². The maximum Gasteiger partial charge on any atom is 0.127 e. The highest BCUT2D eigenvalue weighted by atomic mass is 79.9. The standard InChI is InChI=1S/C9H12BrClO/c1-6-4-9(2,5-12)8(10)3-7(6)11/h5,7-8H,1,3-4H2,2H3/t7-,8+,9-/m1/s1. The van der Waals surface area contributed by atoms with Gasteiger partial charge in [-0.25, -0.2) is 0 Å². The zero-order valence-electron chi connectivity index (χ0n) is 7.02. The Morgan fingerprint density at radius 3 is 2.92 bits per heavy atom. The summed E-state index contributed by atoms with van der Waals surface area (Å²) < 4.78 is 0. The van der Waals surface area contributed by atoms with Crippen LogP contribution in [-0.4, -0.2) is 16.5 Å². The number of hydrogen-bond acceptors (Lipinski definition) is 1. The number of halogens is 2. The van der Waals surface area contributed by atoms with E-state index >= 15 is 0 Å². The lowest BCUT2D eigenvalue weighted by Gasteiger charge is -2.37. The molecule has 0 aromatic carbocycles. The predicted molar refractivity (Wildman–Crippen MR) is 54.9 cm³/mol. The largest absolute Gasteiger partial charge is 0.303 e. The highest BCUT2D eigenvalue weighted by Crippen LogP contribution is 2.42. The molecule has 0 aliphatic heterocycles. The van der Waals surface area contributed by atoms with E-state index in [9.17, 15) is 4.79 Å². The number of carbonyl (C=O) groups excluding carboxylic acids is 1. The van der Waals surface area contributed by atoms with Crippen molar-refractivity contribution < 1.29 is 4.79 Å². The monoisotopic (exact) mass is 250 g/mol. The minimum absolute atomic E-state index is 0.0161. The Labute approximate surface area is 86.3 Å². The fraction of sp³-hybridized carbons (Fsp3) is 0.667. The molecular formula is C9H12BrClO. The molecule has 1 aliphatic carbocycles. The molecule has 0 saturated heterocycles. The summed E-state index contributed by atoms with van der Waals surface area (Å²) in [7, 11) is 0. The van der Waals surface area contributed by atoms with E-state index in [-0.39, 0.29) is 15.6 Å². The average Bonchev–Trinajstić information content (AvgIpc) is 2.01. The Morgan fingerprint density at radius 1 is 1.83 bits per heavy atom. The van der Waals surface area contributed by atoms with Crippen molar-refractivity contribution in [2.45, 2.75) is 30.0 Å². The molecule has 0 radical (unpaired) electrons. The Morgan fingerprint density at radius 2 is 2.42 bits per heavy atom. The summed E-state index contributed by atoms with van der Waals surface area (Å²) in [5.41, 5.74) is 0.657. The number of aldehydes is 1. The van der Waals surface area contributed by atoms with E-state index in [0.717, 1.165) is 18.3 Å². The third kappa shape index (κ3) is 1.74. The smallest absolute Gasteiger partial charge is 0.127 e. The molecule has 0 amide bonds. The normalized spacial score (nSPS) is 42.8. The summed E-state index contributed by atoms with van der Waals surface area (Å²) in [6.45, 7) is 5.80. The second-order valence-electron chi connectivity index (χ2n) is 3.63. The van der Waals surface area contributed by atoms with E-state index < -0.39 is 0 Å². The van der Waals surface area contributed by atoms with Gasteiger partial charge >= 0.3 is 0 Å². The van der Waals surface area contributed by atoms with Crippen molar-refractivity contribution in [1.29, 1.82) is 0 Å². The molecule has 0 bridgehead atoms. The summed E-state index contributed by atoms with van der Waals surface area (Å²) in [6.07, 6.45) is 2.48. The number of alkyl halides is 2. The first-order chi connectivity index (χ1) is 5.49. The molecule has 1 aliphatic rings. The van der Waals surface area contributed by atoms with Crippen molar-refractivity contribution in [3.8, 4) is 0 Å². The van der Waals surface area contributed by atoms with E-state index in [1.54, 1.807) is 0 Å². The maximum absolute atomic E-state index is 10.8. The molecular weight excluding hydrogens is 239 g/mol. The third-order valence-electron chi connectivity index (χ3n) is 2.45. The van der Waals surface area contributed by atoms with Crippen molar-refractivity contribution >= 4 is 33.8 Å². The average molecular weight is 252 g/mol. The first kappa shape index (κ1) is 10.3. The molecule has 0 spiro atoms. The number of hydrogen-bond donors (Lipinski definition) is 0. The van der Waals surface area contributed by atoms with Gasteiger partial charge < -0.3 is 4.79 Å². The first-order valence-electron chi connectivity index (χ1n) is 3.92. The van der Waals surface area contributed by atoms with Crippen LogP contribution in [0.15, 0.2) is 12.2 Å². The van der Waals surface area contributed by atoms with Gasteiger partial charge in [0, 0.05) is 10.2 Å². The molecule has 1 saturated carbocycles. The van der Waals surface area contributed by atoms with Crippen molar-refractivity contribution in [2.24, 2.45) is 5.41 Å². The van der Waals surface area contributed by atoms with E-state index in [4.69, 9.17) is 11.6 Å². The second-order valence-corrected chi connectivity index (χ2v) is 5.26. The van der Waals surface area contributed by atoms with Gasteiger partial charge in [0.25, 0.3) is 0 Å². The summed E-state index contributed by atoms with van der Waals surface area (Å²) in [4.78, 5) is 11.0. The Kier molecular flexibility index (Phi) is 3.00. The Balaban J connectivity index is 2.80. The second kappa shape index (κ2) is 3.51. The van der Waals surface area contributed by atoms with Crippen LogP contribution in [0, 0.1) is 5.41 Å². The molecule has 1 fully saturated rings. The summed E-state index contributed by atoms with van der Waals surface area (Å²) in [6, 6.07) is 0. The summed E-state index contributed by atoms with van der Waals surface area (Å²) in [5.74, 6) is 0. The Bertz CT molecular complexity index is 217. The molecule has 0 aromatic rings. The van der Waals surface area contributed by atoms with Gasteiger partial charge in [-0.3, -0.25) is 0 Å². The Hall–Kier alpha value is 0.180. The third-order valence-corrected chi connectivity index (χ3v) is 4.36. The van der Waals surface area contributed by atoms with E-state index in [1.165, 1.54) is 0 Å². The van der Waals surface area contributed by atoms with Gasteiger partial charge in [0.15, 0.2) is 0 Å². The maximum atomic E-state index is 10.8. The van der Waals surface area contributed by atoms with Crippen molar-refractivity contribution in [3.63, 3.8) is 0 Å². The number of allylic oxidation sites excluding steroid dienone is 1. The lowest BCUT2D eigenvalue weighted by Crippen LogP contribution is -2.37. The van der Waals surface area contributed by atoms with Crippen LogP contribution in [0.3, 0.4) is 0 Å². The van der Waals surface area contributed by atoms with E-state index in [2.05, 4.69) is 22.5 Å². The minimum atomic E-state index is -0.317. The highest BCUT2D eigenvalue weighted by molar-refractivity contribution is 9.09. The molecule has 0 N–H and O–H groups in total. The molecule has 0 heterocycles. The van der Waals surface area contributed by atoms with Gasteiger partial charge in [0.2, 0.25) is 0 Å². The van der Waals surface area contributed by atoms with Crippen molar-refractivity contribution in [2.75, 3.05) is 0 Å². The molecule has 0 aromatic heterocycles. The highest BCUT2D eigenvalue weighted by Gasteiger charge is 2.39. The van der Waals surface area contributed by atoms with Gasteiger partial charge in [-0.2, -0.15) is 0 Å². The van der Waals surface area contributed by atoms with E-state index in [0.29, 0.717) is 6.42 Å². The zero-order valence-corrected chi connectivity index (χ0v) is 9.36. The molecule has 3 atom stereocenters. The minimum Gasteiger partial charge on any atom is -0.303 e. The zero-order chi connectivity index (χ0) is 9.35. The molecule has 12 heavy (non-hydrogen) atoms. The first-order valence-corrected chi connectivity index (χ1v) is 5.27. The van der Waals surface area contributed by atoms with Crippen LogP contribution in [0.5, 0.6) is 0 Å². The van der Waals surface area contributed by atoms with Gasteiger partial charge in [-0.05, 0) is 12.8 Å². The van der Waals surface area contributed by atoms with Crippen LogP contribution in [0.1, 0.15) is 19.8 Å². The summed E-state index contributed by atoms with van der Waals surface area (Å²) >= 11 is 9.48. The van der Waals surface area contributed by atoms with Crippen LogP contribution in [0.2, 0.25) is 0 Å². The quantitative estimate of drug-likeness (QED) is 0.398. The molecule has 3 heteroatoms. The van der Waals surface area contributed by atoms with Gasteiger partial charge in [-0.1, -0.05) is 35.0 Å². The van der Waals surface area contributed by atoms with Crippen LogP contribution < -0.4 is 0 Å². The number of rotatable bonds is 1. The van der Waals surface area contributed by atoms with Gasteiger partial charge in [-0.15, -0.1) is 11.6 Å². The lowest BCUT2D eigenvalue weighted by atomic mass is 9.75. The topological polar surface area (TPSA) is 17.1 Å². The van der Waals surface area contributed by atoms with Gasteiger partial charge in [0.05, 0.1) is 5.38 Å². The van der Waals surface area contributed by atoms with Crippen molar-refractivity contribution in [3.05, 3.63) is 12.2 Å². The SMILES string of the molecule is C=C1C[C@](C)(C=O)[C@@H](Br)C[C@H]1Cl. The summed E-state index contributed by atoms with van der Waals surface area (Å²) in [5, 5.41) is 0.0161. The predicted octanol–water partition coefficient (Wildman–Crippen LogP) is 2.91. The fourth-order valence-electron chi connectivity index (χ4n) is 1.44. The molecule has 1 rings (SSSR count). The van der Waals surface area contributed by atoms with E-state index in [1.807, 2.05) is 6.92 Å². The van der Waals surface area contributed by atoms with Crippen LogP contribution in [-0.2, 0) is 4.79 Å². The van der Waals surface area contributed by atoms with Crippen molar-refractivity contribution in [1.82, 2.24) is 0 Å². The number of carbonyl (C=O) groups is 1. The molecule has 68 valence electrons. The van der Waals surface area contributed by atoms with Crippen LogP contribution in [0.4, 0.5) is 0 Å². The fourth-order valence-corrected chi connectivity index (χ4v) is 2.56. The molecule has 1 nitrogen and oxygen atoms in total. The lowest BCUT2D eigenvalue weighted by molar-refractivity contribution is -0.115. The van der Waals surface area contributed by atoms with Crippen LogP contribution in [0.25, 0.3) is 0 Å². The molecule has 0 unspecified atom stereocenters. The van der Waals surface area contributed by atoms with Gasteiger partial charge in [0.1, 0.15) is 6.29 Å².